The van der Waals surface area contributed by atoms with Gasteiger partial charge < -0.3 is 24.4 Å². The zero-order valence-corrected chi connectivity index (χ0v) is 18.3. The predicted octanol–water partition coefficient (Wildman–Crippen LogP) is 4.20. The average Bonchev–Trinajstić information content (AvgIpc) is 2.77. The van der Waals surface area contributed by atoms with E-state index in [4.69, 9.17) is 14.2 Å². The fourth-order valence-corrected chi connectivity index (χ4v) is 3.78. The molecule has 30 heavy (non-hydrogen) atoms. The largest absolute Gasteiger partial charge is 0.496 e. The van der Waals surface area contributed by atoms with Crippen molar-refractivity contribution in [2.75, 3.05) is 38.8 Å². The Hall–Kier alpha value is -2.89. The van der Waals surface area contributed by atoms with Crippen molar-refractivity contribution in [1.82, 2.24) is 5.32 Å². The second-order valence-corrected chi connectivity index (χ2v) is 7.91. The number of ether oxygens (including phenoxy) is 3. The van der Waals surface area contributed by atoms with Crippen molar-refractivity contribution in [3.8, 4) is 17.2 Å². The molecule has 1 amide bonds. The second-order valence-electron chi connectivity index (χ2n) is 7.91. The summed E-state index contributed by atoms with van der Waals surface area (Å²) in [6.07, 6.45) is 2.55. The van der Waals surface area contributed by atoms with Crippen molar-refractivity contribution in [3.05, 3.63) is 48.0 Å². The first-order valence-electron chi connectivity index (χ1n) is 10.5. The molecule has 1 aliphatic heterocycles. The van der Waals surface area contributed by atoms with E-state index in [1.54, 1.807) is 32.4 Å². The predicted molar refractivity (Wildman–Crippen MR) is 119 cm³/mol. The third-order valence-electron chi connectivity index (χ3n) is 5.49. The van der Waals surface area contributed by atoms with Crippen LogP contribution in [0.2, 0.25) is 0 Å². The van der Waals surface area contributed by atoms with Gasteiger partial charge in [-0.25, -0.2) is 0 Å². The Kier molecular flexibility index (Phi) is 7.44. The van der Waals surface area contributed by atoms with Gasteiger partial charge in [0.2, 0.25) is 0 Å². The lowest BCUT2D eigenvalue weighted by Crippen LogP contribution is -2.34. The lowest BCUT2D eigenvalue weighted by molar-refractivity contribution is -0.123. The van der Waals surface area contributed by atoms with E-state index in [0.717, 1.165) is 24.6 Å². The van der Waals surface area contributed by atoms with E-state index >= 15 is 0 Å². The molecule has 3 rings (SSSR count). The van der Waals surface area contributed by atoms with E-state index in [0.29, 0.717) is 17.2 Å². The van der Waals surface area contributed by atoms with Crippen molar-refractivity contribution in [1.29, 1.82) is 0 Å². The normalized spacial score (nSPS) is 17.2. The Labute approximate surface area is 179 Å². The van der Waals surface area contributed by atoms with Gasteiger partial charge in [-0.3, -0.25) is 4.79 Å². The van der Waals surface area contributed by atoms with E-state index in [-0.39, 0.29) is 18.6 Å². The number of nitrogens with zero attached hydrogens (tertiary/aromatic N) is 1. The molecule has 162 valence electrons. The van der Waals surface area contributed by atoms with Crippen molar-refractivity contribution in [2.24, 2.45) is 5.92 Å². The molecule has 1 fully saturated rings. The highest BCUT2D eigenvalue weighted by molar-refractivity contribution is 5.78. The molecular weight excluding hydrogens is 380 g/mol. The second kappa shape index (κ2) is 10.2. The van der Waals surface area contributed by atoms with E-state index < -0.39 is 0 Å². The summed E-state index contributed by atoms with van der Waals surface area (Å²) in [5.74, 6) is 2.30. The monoisotopic (exact) mass is 412 g/mol. The van der Waals surface area contributed by atoms with Gasteiger partial charge in [0.05, 0.1) is 20.3 Å². The van der Waals surface area contributed by atoms with Crippen molar-refractivity contribution in [3.63, 3.8) is 0 Å². The summed E-state index contributed by atoms with van der Waals surface area (Å²) in [5, 5.41) is 2.99. The molecule has 0 spiro atoms. The van der Waals surface area contributed by atoms with Crippen LogP contribution in [0.15, 0.2) is 42.5 Å². The van der Waals surface area contributed by atoms with E-state index in [9.17, 15) is 4.79 Å². The summed E-state index contributed by atoms with van der Waals surface area (Å²) in [6, 6.07) is 13.6. The molecule has 1 N–H and O–H groups in total. The first kappa shape index (κ1) is 21.8. The maximum atomic E-state index is 12.4. The summed E-state index contributed by atoms with van der Waals surface area (Å²) in [7, 11) is 3.15. The zero-order valence-electron chi connectivity index (χ0n) is 18.3. The lowest BCUT2D eigenvalue weighted by atomic mass is 9.99. The number of nitrogens with one attached hydrogen (secondary N) is 1. The number of methoxy groups -OCH3 is 2. The third-order valence-corrected chi connectivity index (χ3v) is 5.49. The van der Waals surface area contributed by atoms with Gasteiger partial charge in [0, 0.05) is 37.0 Å². The van der Waals surface area contributed by atoms with E-state index in [2.05, 4.69) is 41.4 Å². The van der Waals surface area contributed by atoms with Crippen molar-refractivity contribution in [2.45, 2.75) is 32.7 Å². The fraction of sp³-hybridized carbons (Fsp3) is 0.458. The van der Waals surface area contributed by atoms with Crippen LogP contribution in [0.1, 0.15) is 38.3 Å². The molecule has 0 unspecified atom stereocenters. The van der Waals surface area contributed by atoms with Gasteiger partial charge in [0.1, 0.15) is 17.2 Å². The van der Waals surface area contributed by atoms with Crippen LogP contribution in [-0.2, 0) is 4.79 Å². The quantitative estimate of drug-likeness (QED) is 0.704. The molecule has 0 radical (unpaired) electrons. The molecule has 1 heterocycles. The maximum Gasteiger partial charge on any atom is 0.258 e. The summed E-state index contributed by atoms with van der Waals surface area (Å²) < 4.78 is 16.1. The molecular formula is C24H32N2O4. The van der Waals surface area contributed by atoms with Crippen molar-refractivity contribution >= 4 is 11.6 Å². The van der Waals surface area contributed by atoms with Gasteiger partial charge in [-0.05, 0) is 43.4 Å². The molecule has 0 saturated carbocycles. The SMILES string of the molecule is COc1cc(OC)cc(OCC(=O)N[C@@H](C)c2ccc(N3CCC[C@H](C)C3)cc2)c1. The minimum Gasteiger partial charge on any atom is -0.496 e. The maximum absolute atomic E-state index is 12.4. The standard InChI is InChI=1S/C24H32N2O4/c1-17-6-5-11-26(15-17)20-9-7-19(8-10-20)18(2)25-24(27)16-30-23-13-21(28-3)12-22(14-23)29-4/h7-10,12-14,17-18H,5-6,11,15-16H2,1-4H3,(H,25,27)/t17-,18-/m0/s1. The molecule has 6 heteroatoms. The number of hydrogen-bond acceptors (Lipinski definition) is 5. The molecule has 0 bridgehead atoms. The van der Waals surface area contributed by atoms with Crippen LogP contribution in [0.3, 0.4) is 0 Å². The first-order chi connectivity index (χ1) is 14.5. The number of amides is 1. The third kappa shape index (κ3) is 5.81. The van der Waals surface area contributed by atoms with Gasteiger partial charge in [-0.15, -0.1) is 0 Å². The molecule has 2 aromatic carbocycles. The number of benzene rings is 2. The number of anilines is 1. The van der Waals surface area contributed by atoms with Gasteiger partial charge in [0.25, 0.3) is 5.91 Å². The van der Waals surface area contributed by atoms with Crippen LogP contribution in [0.25, 0.3) is 0 Å². The number of piperidine rings is 1. The van der Waals surface area contributed by atoms with Gasteiger partial charge in [0.15, 0.2) is 6.61 Å². The highest BCUT2D eigenvalue weighted by atomic mass is 16.5. The van der Waals surface area contributed by atoms with Crippen LogP contribution in [0, 0.1) is 5.92 Å². The molecule has 1 saturated heterocycles. The Balaban J connectivity index is 1.53. The Morgan fingerprint density at radius 1 is 1.10 bits per heavy atom. The molecule has 2 aromatic rings. The van der Waals surface area contributed by atoms with Gasteiger partial charge in [-0.1, -0.05) is 19.1 Å². The van der Waals surface area contributed by atoms with Crippen LogP contribution >= 0.6 is 0 Å². The molecule has 0 aliphatic carbocycles. The first-order valence-corrected chi connectivity index (χ1v) is 10.5. The Morgan fingerprint density at radius 3 is 2.33 bits per heavy atom. The summed E-state index contributed by atoms with van der Waals surface area (Å²) >= 11 is 0. The smallest absolute Gasteiger partial charge is 0.258 e. The summed E-state index contributed by atoms with van der Waals surface area (Å²) in [4.78, 5) is 14.8. The number of hydrogen-bond donors (Lipinski definition) is 1. The van der Waals surface area contributed by atoms with Gasteiger partial charge >= 0.3 is 0 Å². The average molecular weight is 413 g/mol. The molecule has 0 aromatic heterocycles. The van der Waals surface area contributed by atoms with Crippen LogP contribution in [0.5, 0.6) is 17.2 Å². The molecule has 1 aliphatic rings. The van der Waals surface area contributed by atoms with Crippen molar-refractivity contribution < 1.29 is 19.0 Å². The highest BCUT2D eigenvalue weighted by Gasteiger charge is 2.17. The zero-order chi connectivity index (χ0) is 21.5. The van der Waals surface area contributed by atoms with Crippen LogP contribution in [0.4, 0.5) is 5.69 Å². The topological polar surface area (TPSA) is 60.0 Å². The van der Waals surface area contributed by atoms with Crippen LogP contribution < -0.4 is 24.4 Å². The Bertz CT molecular complexity index is 815. The van der Waals surface area contributed by atoms with E-state index in [1.165, 1.54) is 18.5 Å². The lowest BCUT2D eigenvalue weighted by Gasteiger charge is -2.33. The highest BCUT2D eigenvalue weighted by Crippen LogP contribution is 2.27. The summed E-state index contributed by atoms with van der Waals surface area (Å²) in [6.45, 7) is 6.43. The number of rotatable bonds is 8. The number of carbonyl (C=O) groups excluding carboxylic acids is 1. The molecule has 6 nitrogen and oxygen atoms in total. The number of carbonyl (C=O) groups is 1. The minimum atomic E-state index is -0.182. The van der Waals surface area contributed by atoms with E-state index in [1.807, 2.05) is 6.92 Å². The van der Waals surface area contributed by atoms with Crippen LogP contribution in [-0.4, -0.2) is 39.8 Å². The summed E-state index contributed by atoms with van der Waals surface area (Å²) in [5.41, 5.74) is 2.32. The van der Waals surface area contributed by atoms with Gasteiger partial charge in [-0.2, -0.15) is 0 Å². The molecule has 2 atom stereocenters. The Morgan fingerprint density at radius 2 is 1.73 bits per heavy atom. The minimum absolute atomic E-state index is 0.0790. The fourth-order valence-electron chi connectivity index (χ4n) is 3.78.